The number of aromatic nitrogens is 1. The van der Waals surface area contributed by atoms with Crippen molar-refractivity contribution in [2.75, 3.05) is 0 Å². The van der Waals surface area contributed by atoms with Gasteiger partial charge < -0.3 is 9.84 Å². The van der Waals surface area contributed by atoms with Crippen LogP contribution in [0.2, 0.25) is 0 Å². The molecular weight excluding hydrogens is 204 g/mol. The molecule has 0 aromatic carbocycles. The predicted octanol–water partition coefficient (Wildman–Crippen LogP) is 2.29. The molecule has 0 aliphatic heterocycles. The molecule has 1 N–H and O–H groups in total. The third-order valence-corrected chi connectivity index (χ3v) is 3.28. The number of amides is 1. The highest BCUT2D eigenvalue weighted by Crippen LogP contribution is 2.23. The van der Waals surface area contributed by atoms with Gasteiger partial charge >= 0.3 is 0 Å². The molecule has 1 saturated carbocycles. The number of carbonyl (C=O) groups is 1. The van der Waals surface area contributed by atoms with Gasteiger partial charge in [0.1, 0.15) is 0 Å². The summed E-state index contributed by atoms with van der Waals surface area (Å²) >= 11 is 0. The second-order valence-electron chi connectivity index (χ2n) is 4.67. The van der Waals surface area contributed by atoms with Gasteiger partial charge in [-0.3, -0.25) is 4.79 Å². The van der Waals surface area contributed by atoms with Crippen LogP contribution in [0.3, 0.4) is 0 Å². The van der Waals surface area contributed by atoms with Crippen molar-refractivity contribution in [1.29, 1.82) is 0 Å². The van der Waals surface area contributed by atoms with E-state index in [-0.39, 0.29) is 11.9 Å². The molecule has 0 saturated heterocycles. The van der Waals surface area contributed by atoms with Crippen LogP contribution in [-0.4, -0.2) is 17.1 Å². The quantitative estimate of drug-likeness (QED) is 0.835. The molecule has 88 valence electrons. The summed E-state index contributed by atoms with van der Waals surface area (Å²) < 4.78 is 4.94. The first-order valence-electron chi connectivity index (χ1n) is 5.91. The molecule has 1 aliphatic carbocycles. The lowest BCUT2D eigenvalue weighted by atomic mass is 9.86. The lowest BCUT2D eigenvalue weighted by Gasteiger charge is -2.28. The van der Waals surface area contributed by atoms with Crippen molar-refractivity contribution in [3.63, 3.8) is 0 Å². The van der Waals surface area contributed by atoms with E-state index in [0.29, 0.717) is 11.7 Å². The first-order chi connectivity index (χ1) is 7.66. The third-order valence-electron chi connectivity index (χ3n) is 3.28. The van der Waals surface area contributed by atoms with Crippen molar-refractivity contribution in [2.24, 2.45) is 5.92 Å². The first-order valence-corrected chi connectivity index (χ1v) is 5.91. The Morgan fingerprint density at radius 2 is 2.25 bits per heavy atom. The number of rotatable bonds is 2. The third kappa shape index (κ3) is 2.43. The van der Waals surface area contributed by atoms with Crippen LogP contribution < -0.4 is 5.32 Å². The number of hydrogen-bond donors (Lipinski definition) is 1. The first kappa shape index (κ1) is 11.2. The topological polar surface area (TPSA) is 55.1 Å². The average molecular weight is 222 g/mol. The highest BCUT2D eigenvalue weighted by atomic mass is 16.5. The fraction of sp³-hybridized carbons (Fsp3) is 0.667. The van der Waals surface area contributed by atoms with Crippen LogP contribution >= 0.6 is 0 Å². The Morgan fingerprint density at radius 3 is 2.88 bits per heavy atom. The highest BCUT2D eigenvalue weighted by molar-refractivity contribution is 5.91. The van der Waals surface area contributed by atoms with E-state index in [1.807, 2.05) is 6.92 Å². The molecule has 2 atom stereocenters. The molecule has 1 aromatic rings. The highest BCUT2D eigenvalue weighted by Gasteiger charge is 2.24. The van der Waals surface area contributed by atoms with Crippen molar-refractivity contribution in [1.82, 2.24) is 10.5 Å². The molecule has 2 unspecified atom stereocenters. The fourth-order valence-electron chi connectivity index (χ4n) is 2.24. The maximum atomic E-state index is 11.8. The Hall–Kier alpha value is -1.32. The molecule has 1 heterocycles. The molecule has 4 heteroatoms. The lowest BCUT2D eigenvalue weighted by Crippen LogP contribution is -2.40. The van der Waals surface area contributed by atoms with E-state index >= 15 is 0 Å². The summed E-state index contributed by atoms with van der Waals surface area (Å²) in [6.07, 6.45) is 4.74. The van der Waals surface area contributed by atoms with Crippen LogP contribution in [0.25, 0.3) is 0 Å². The van der Waals surface area contributed by atoms with Crippen molar-refractivity contribution < 1.29 is 9.32 Å². The molecule has 0 spiro atoms. The number of nitrogens with zero attached hydrogens (tertiary/aromatic N) is 1. The Balaban J connectivity index is 1.96. The van der Waals surface area contributed by atoms with Crippen molar-refractivity contribution in [2.45, 2.75) is 45.6 Å². The molecule has 0 radical (unpaired) electrons. The van der Waals surface area contributed by atoms with Crippen molar-refractivity contribution >= 4 is 5.91 Å². The van der Waals surface area contributed by atoms with Crippen LogP contribution in [0.15, 0.2) is 10.6 Å². The molecule has 1 fully saturated rings. The molecule has 16 heavy (non-hydrogen) atoms. The lowest BCUT2D eigenvalue weighted by molar-refractivity contribution is 0.0872. The van der Waals surface area contributed by atoms with Crippen LogP contribution in [0.5, 0.6) is 0 Å². The van der Waals surface area contributed by atoms with Gasteiger partial charge in [-0.2, -0.15) is 0 Å². The van der Waals surface area contributed by atoms with Crippen LogP contribution in [-0.2, 0) is 0 Å². The molecule has 1 aliphatic rings. The molecule has 1 amide bonds. The second-order valence-corrected chi connectivity index (χ2v) is 4.67. The second kappa shape index (κ2) is 4.68. The Kier molecular flexibility index (Phi) is 3.27. The van der Waals surface area contributed by atoms with Crippen LogP contribution in [0.1, 0.15) is 48.9 Å². The van der Waals surface area contributed by atoms with Crippen molar-refractivity contribution in [3.05, 3.63) is 17.5 Å². The molecule has 0 bridgehead atoms. The maximum Gasteiger partial charge on any atom is 0.290 e. The fourth-order valence-corrected chi connectivity index (χ4v) is 2.24. The normalized spacial score (nSPS) is 25.4. The predicted molar refractivity (Wildman–Crippen MR) is 60.1 cm³/mol. The summed E-state index contributed by atoms with van der Waals surface area (Å²) in [5.41, 5.74) is 0.738. The van der Waals surface area contributed by atoms with Gasteiger partial charge in [-0.15, -0.1) is 0 Å². The smallest absolute Gasteiger partial charge is 0.290 e. The van der Waals surface area contributed by atoms with E-state index < -0.39 is 0 Å². The minimum atomic E-state index is -0.139. The molecule has 1 aromatic heterocycles. The minimum absolute atomic E-state index is 0.139. The number of nitrogens with one attached hydrogen (secondary N) is 1. The number of aryl methyl sites for hydroxylation is 1. The summed E-state index contributed by atoms with van der Waals surface area (Å²) in [7, 11) is 0. The van der Waals surface area contributed by atoms with Gasteiger partial charge in [0.15, 0.2) is 0 Å². The Morgan fingerprint density at radius 1 is 1.50 bits per heavy atom. The minimum Gasteiger partial charge on any atom is -0.351 e. The standard InChI is InChI=1S/C12H18N2O2/c1-8-5-3-4-6-10(8)13-12(15)11-7-9(2)14-16-11/h7-8,10H,3-6H2,1-2H3,(H,13,15). The van der Waals surface area contributed by atoms with E-state index in [2.05, 4.69) is 17.4 Å². The van der Waals surface area contributed by atoms with Gasteiger partial charge in [0.05, 0.1) is 5.69 Å². The zero-order valence-electron chi connectivity index (χ0n) is 9.82. The van der Waals surface area contributed by atoms with Gasteiger partial charge in [-0.05, 0) is 25.7 Å². The zero-order valence-corrected chi connectivity index (χ0v) is 9.82. The van der Waals surface area contributed by atoms with E-state index in [0.717, 1.165) is 12.1 Å². The van der Waals surface area contributed by atoms with E-state index in [1.54, 1.807) is 6.07 Å². The van der Waals surface area contributed by atoms with Crippen LogP contribution in [0.4, 0.5) is 0 Å². The summed E-state index contributed by atoms with van der Waals surface area (Å²) in [5.74, 6) is 0.733. The molecule has 2 rings (SSSR count). The van der Waals surface area contributed by atoms with Gasteiger partial charge in [0, 0.05) is 12.1 Å². The Bertz CT molecular complexity index is 373. The summed E-state index contributed by atoms with van der Waals surface area (Å²) in [5, 5.41) is 6.74. The Labute approximate surface area is 95.4 Å². The average Bonchev–Trinajstić information content (AvgIpc) is 2.68. The van der Waals surface area contributed by atoms with Crippen molar-refractivity contribution in [3.8, 4) is 0 Å². The SMILES string of the molecule is Cc1cc(C(=O)NC2CCCCC2C)on1. The monoisotopic (exact) mass is 222 g/mol. The summed E-state index contributed by atoms with van der Waals surface area (Å²) in [6.45, 7) is 4.00. The number of hydrogen-bond acceptors (Lipinski definition) is 3. The van der Waals surface area contributed by atoms with E-state index in [9.17, 15) is 4.79 Å². The largest absolute Gasteiger partial charge is 0.351 e. The van der Waals surface area contributed by atoms with Gasteiger partial charge in [-0.25, -0.2) is 0 Å². The maximum absolute atomic E-state index is 11.8. The zero-order chi connectivity index (χ0) is 11.5. The van der Waals surface area contributed by atoms with Gasteiger partial charge in [0.2, 0.25) is 5.76 Å². The van der Waals surface area contributed by atoms with E-state index in [4.69, 9.17) is 4.52 Å². The van der Waals surface area contributed by atoms with E-state index in [1.165, 1.54) is 19.3 Å². The van der Waals surface area contributed by atoms with Crippen LogP contribution in [0, 0.1) is 12.8 Å². The molecule has 4 nitrogen and oxygen atoms in total. The summed E-state index contributed by atoms with van der Waals surface area (Å²) in [6, 6.07) is 1.95. The van der Waals surface area contributed by atoms with Gasteiger partial charge in [0.25, 0.3) is 5.91 Å². The number of carbonyl (C=O) groups excluding carboxylic acids is 1. The van der Waals surface area contributed by atoms with Gasteiger partial charge in [-0.1, -0.05) is 24.9 Å². The molecular formula is C12H18N2O2. The summed E-state index contributed by atoms with van der Waals surface area (Å²) in [4.78, 5) is 11.8.